The van der Waals surface area contributed by atoms with Gasteiger partial charge in [-0.05, 0) is 6.92 Å². The molecule has 0 aliphatic heterocycles. The molecular weight excluding hydrogens is 298 g/mol. The van der Waals surface area contributed by atoms with Crippen molar-refractivity contribution in [3.05, 3.63) is 28.3 Å². The summed E-state index contributed by atoms with van der Waals surface area (Å²) in [7, 11) is 1.11. The zero-order valence-corrected chi connectivity index (χ0v) is 12.9. The number of hydrogen-bond donors (Lipinski definition) is 3. The molecule has 1 amide bonds. The number of methoxy groups -OCH3 is 1. The van der Waals surface area contributed by atoms with Gasteiger partial charge in [0.05, 0.1) is 12.7 Å². The molecule has 5 N–H and O–H groups in total. The predicted octanol–water partition coefficient (Wildman–Crippen LogP) is 1.36. The van der Waals surface area contributed by atoms with E-state index in [-0.39, 0.29) is 11.1 Å². The van der Waals surface area contributed by atoms with Crippen molar-refractivity contribution in [2.75, 3.05) is 7.11 Å². The summed E-state index contributed by atoms with van der Waals surface area (Å²) >= 11 is 0. The maximum Gasteiger partial charge on any atom is 0.320 e. The molecule has 6 nitrogen and oxygen atoms in total. The Kier molecular flexibility index (Phi) is 7.44. The first kappa shape index (κ1) is 19.8. The van der Waals surface area contributed by atoms with Crippen molar-refractivity contribution >= 4 is 11.9 Å². The third kappa shape index (κ3) is 3.91. The average molecular weight is 318 g/mol. The van der Waals surface area contributed by atoms with Crippen LogP contribution in [0.5, 0.6) is 5.75 Å². The highest BCUT2D eigenvalue weighted by molar-refractivity contribution is 5.97. The molecule has 0 heterocycles. The third-order valence-corrected chi connectivity index (χ3v) is 2.87. The fraction of sp³-hybridized carbons (Fsp3) is 0.429. The first-order chi connectivity index (χ1) is 10.2. The quantitative estimate of drug-likeness (QED) is 0.758. The van der Waals surface area contributed by atoms with Crippen molar-refractivity contribution < 1.29 is 28.2 Å². The van der Waals surface area contributed by atoms with E-state index >= 15 is 0 Å². The van der Waals surface area contributed by atoms with Crippen LogP contribution in [0.4, 0.5) is 8.78 Å². The summed E-state index contributed by atoms with van der Waals surface area (Å²) in [6.45, 7) is 5.32. The molecule has 1 atom stereocenters. The number of carboxylic acids is 1. The minimum absolute atomic E-state index is 0.00788. The Hall–Kier alpha value is -2.22. The van der Waals surface area contributed by atoms with Gasteiger partial charge in [-0.3, -0.25) is 9.59 Å². The number of aliphatic carboxylic acids is 1. The topological polar surface area (TPSA) is 116 Å². The van der Waals surface area contributed by atoms with Gasteiger partial charge in [-0.25, -0.2) is 4.39 Å². The Morgan fingerprint density at radius 2 is 1.77 bits per heavy atom. The third-order valence-electron chi connectivity index (χ3n) is 2.87. The van der Waals surface area contributed by atoms with Crippen LogP contribution in [0, 0.1) is 18.6 Å². The summed E-state index contributed by atoms with van der Waals surface area (Å²) in [4.78, 5) is 22.1. The van der Waals surface area contributed by atoms with Gasteiger partial charge >= 0.3 is 5.97 Å². The first-order valence-electron chi connectivity index (χ1n) is 6.54. The Balaban J connectivity index is 0.00000211. The second-order valence-corrected chi connectivity index (χ2v) is 4.15. The molecule has 0 saturated heterocycles. The van der Waals surface area contributed by atoms with Gasteiger partial charge in [0.2, 0.25) is 11.7 Å². The highest BCUT2D eigenvalue weighted by Crippen LogP contribution is 2.32. The van der Waals surface area contributed by atoms with E-state index in [0.717, 1.165) is 7.11 Å². The lowest BCUT2D eigenvalue weighted by Crippen LogP contribution is -2.34. The van der Waals surface area contributed by atoms with E-state index in [4.69, 9.17) is 16.6 Å². The lowest BCUT2D eigenvalue weighted by molar-refractivity contribution is -0.138. The van der Waals surface area contributed by atoms with Gasteiger partial charge in [0.1, 0.15) is 6.04 Å². The van der Waals surface area contributed by atoms with Crippen LogP contribution < -0.4 is 16.2 Å². The van der Waals surface area contributed by atoms with Crippen molar-refractivity contribution in [2.45, 2.75) is 33.2 Å². The highest BCUT2D eigenvalue weighted by Gasteiger charge is 2.28. The van der Waals surface area contributed by atoms with Crippen LogP contribution in [-0.2, 0) is 11.2 Å². The van der Waals surface area contributed by atoms with E-state index < -0.39 is 47.3 Å². The van der Waals surface area contributed by atoms with Crippen LogP contribution >= 0.6 is 0 Å². The zero-order valence-electron chi connectivity index (χ0n) is 12.9. The number of rotatable bonds is 5. The van der Waals surface area contributed by atoms with Crippen molar-refractivity contribution in [1.82, 2.24) is 0 Å². The number of carbonyl (C=O) groups is 2. The van der Waals surface area contributed by atoms with Crippen LogP contribution in [0.25, 0.3) is 0 Å². The summed E-state index contributed by atoms with van der Waals surface area (Å²) in [5.41, 5.74) is 9.62. The van der Waals surface area contributed by atoms with Crippen LogP contribution in [0.3, 0.4) is 0 Å². The number of carboxylic acid groups (broad SMARTS) is 1. The molecule has 0 spiro atoms. The van der Waals surface area contributed by atoms with Gasteiger partial charge in [0.25, 0.3) is 0 Å². The molecule has 124 valence electrons. The molecule has 0 aromatic heterocycles. The Labute approximate surface area is 127 Å². The van der Waals surface area contributed by atoms with Crippen molar-refractivity contribution in [2.24, 2.45) is 11.5 Å². The number of benzene rings is 1. The first-order valence-corrected chi connectivity index (χ1v) is 6.54. The number of carbonyl (C=O) groups excluding carboxylic acids is 1. The monoisotopic (exact) mass is 318 g/mol. The van der Waals surface area contributed by atoms with Gasteiger partial charge in [0.15, 0.2) is 11.6 Å². The molecule has 1 rings (SSSR count). The number of halogens is 2. The molecular formula is C14H20F2N2O4. The highest BCUT2D eigenvalue weighted by atomic mass is 19.2. The van der Waals surface area contributed by atoms with Crippen molar-refractivity contribution in [3.63, 3.8) is 0 Å². The van der Waals surface area contributed by atoms with Gasteiger partial charge in [-0.1, -0.05) is 13.8 Å². The van der Waals surface area contributed by atoms with Crippen molar-refractivity contribution in [3.8, 4) is 5.75 Å². The van der Waals surface area contributed by atoms with Gasteiger partial charge in [-0.2, -0.15) is 4.39 Å². The Morgan fingerprint density at radius 1 is 1.27 bits per heavy atom. The number of nitrogens with two attached hydrogens (primary N) is 2. The number of ether oxygens (including phenoxy) is 1. The maximum atomic E-state index is 14.0. The predicted molar refractivity (Wildman–Crippen MR) is 76.8 cm³/mol. The minimum atomic E-state index is -1.49. The largest absolute Gasteiger partial charge is 0.493 e. The SMILES string of the molecule is CC.COc1c(C)c(C(N)=O)c(CC(N)C(=O)O)c(F)c1F. The van der Waals surface area contributed by atoms with Crippen LogP contribution in [0.1, 0.15) is 35.3 Å². The second kappa shape index (κ2) is 8.28. The van der Waals surface area contributed by atoms with Gasteiger partial charge in [0, 0.05) is 17.5 Å². The molecule has 0 saturated carbocycles. The molecule has 22 heavy (non-hydrogen) atoms. The molecule has 0 aliphatic carbocycles. The molecule has 1 aromatic carbocycles. The van der Waals surface area contributed by atoms with E-state index in [2.05, 4.69) is 4.74 Å². The molecule has 0 bridgehead atoms. The van der Waals surface area contributed by atoms with E-state index in [9.17, 15) is 18.4 Å². The molecule has 0 radical (unpaired) electrons. The molecule has 8 heteroatoms. The van der Waals surface area contributed by atoms with Gasteiger partial charge in [-0.15, -0.1) is 0 Å². The van der Waals surface area contributed by atoms with Crippen LogP contribution in [0.2, 0.25) is 0 Å². The summed E-state index contributed by atoms with van der Waals surface area (Å²) in [6.07, 6.45) is -0.568. The zero-order chi connectivity index (χ0) is 17.6. The molecule has 1 unspecified atom stereocenters. The van der Waals surface area contributed by atoms with E-state index in [1.165, 1.54) is 6.92 Å². The van der Waals surface area contributed by atoms with Crippen LogP contribution in [0.15, 0.2) is 0 Å². The Bertz CT molecular complexity index is 577. The molecule has 0 aliphatic rings. The standard InChI is InChI=1S/C12H14F2N2O4.C2H6/c1-4-7(11(16)17)5(3-6(15)12(18)19)8(13)9(14)10(4)20-2;1-2/h6H,3,15H2,1-2H3,(H2,16,17)(H,18,19);1-2H3. The fourth-order valence-electron chi connectivity index (χ4n) is 1.92. The van der Waals surface area contributed by atoms with Crippen molar-refractivity contribution in [1.29, 1.82) is 0 Å². The summed E-state index contributed by atoms with van der Waals surface area (Å²) < 4.78 is 32.4. The maximum absolute atomic E-state index is 14.0. The number of primary amides is 1. The lowest BCUT2D eigenvalue weighted by Gasteiger charge is -2.17. The minimum Gasteiger partial charge on any atom is -0.493 e. The normalized spacial score (nSPS) is 11.2. The summed E-state index contributed by atoms with van der Waals surface area (Å²) in [5, 5.41) is 8.72. The average Bonchev–Trinajstić information content (AvgIpc) is 2.46. The van der Waals surface area contributed by atoms with E-state index in [1.54, 1.807) is 0 Å². The summed E-state index contributed by atoms with van der Waals surface area (Å²) in [5.74, 6) is -5.59. The summed E-state index contributed by atoms with van der Waals surface area (Å²) in [6, 6.07) is -1.49. The molecule has 1 aromatic rings. The molecule has 0 fully saturated rings. The number of hydrogen-bond acceptors (Lipinski definition) is 4. The van der Waals surface area contributed by atoms with Crippen LogP contribution in [-0.4, -0.2) is 30.1 Å². The Morgan fingerprint density at radius 3 is 2.14 bits per heavy atom. The smallest absolute Gasteiger partial charge is 0.320 e. The van der Waals surface area contributed by atoms with Gasteiger partial charge < -0.3 is 21.3 Å². The number of amides is 1. The lowest BCUT2D eigenvalue weighted by atomic mass is 9.94. The van der Waals surface area contributed by atoms with E-state index in [1.807, 2.05) is 13.8 Å². The second-order valence-electron chi connectivity index (χ2n) is 4.15. The fourth-order valence-corrected chi connectivity index (χ4v) is 1.92. The van der Waals surface area contributed by atoms with E-state index in [0.29, 0.717) is 0 Å².